The third kappa shape index (κ3) is 4.92. The maximum atomic E-state index is 12.6. The Morgan fingerprint density at radius 1 is 0.862 bits per heavy atom. The standard InChI is InChI=1S/C21H22N4O4/c1-13-11-18(20(26)23-14-5-7-15(27-2)8-6-14)25-21(22-13)24-17-10-9-16(28-3)12-19(17)29-4/h5-12H,1-4H3,(H,23,26)(H,22,24,25). The summed E-state index contributed by atoms with van der Waals surface area (Å²) in [6.45, 7) is 1.79. The molecule has 8 heteroatoms. The van der Waals surface area contributed by atoms with E-state index in [2.05, 4.69) is 20.6 Å². The zero-order valence-corrected chi connectivity index (χ0v) is 16.6. The third-order valence-corrected chi connectivity index (χ3v) is 4.09. The van der Waals surface area contributed by atoms with Crippen molar-refractivity contribution in [1.82, 2.24) is 9.97 Å². The number of amides is 1. The summed E-state index contributed by atoms with van der Waals surface area (Å²) in [6.07, 6.45) is 0. The molecule has 0 spiro atoms. The van der Waals surface area contributed by atoms with E-state index in [1.807, 2.05) is 0 Å². The molecule has 29 heavy (non-hydrogen) atoms. The Bertz CT molecular complexity index is 1010. The van der Waals surface area contributed by atoms with Crippen molar-refractivity contribution in [2.45, 2.75) is 6.92 Å². The Hall–Kier alpha value is -3.81. The van der Waals surface area contributed by atoms with Gasteiger partial charge in [0.25, 0.3) is 5.91 Å². The van der Waals surface area contributed by atoms with Gasteiger partial charge < -0.3 is 24.8 Å². The quantitative estimate of drug-likeness (QED) is 0.629. The molecule has 0 aliphatic carbocycles. The maximum Gasteiger partial charge on any atom is 0.274 e. The second kappa shape index (κ2) is 8.92. The van der Waals surface area contributed by atoms with Gasteiger partial charge in [0.1, 0.15) is 22.9 Å². The Morgan fingerprint density at radius 2 is 1.55 bits per heavy atom. The molecule has 2 aromatic carbocycles. The molecule has 1 amide bonds. The highest BCUT2D eigenvalue weighted by Crippen LogP contribution is 2.30. The lowest BCUT2D eigenvalue weighted by atomic mass is 10.2. The van der Waals surface area contributed by atoms with Gasteiger partial charge in [-0.25, -0.2) is 9.97 Å². The fourth-order valence-electron chi connectivity index (χ4n) is 2.63. The van der Waals surface area contributed by atoms with Gasteiger partial charge in [0.2, 0.25) is 5.95 Å². The number of aromatic nitrogens is 2. The van der Waals surface area contributed by atoms with Gasteiger partial charge in [-0.1, -0.05) is 0 Å². The number of benzene rings is 2. The molecule has 0 radical (unpaired) electrons. The summed E-state index contributed by atoms with van der Waals surface area (Å²) in [5.74, 6) is 1.88. The summed E-state index contributed by atoms with van der Waals surface area (Å²) in [5.41, 5.74) is 2.18. The molecule has 0 fully saturated rings. The lowest BCUT2D eigenvalue weighted by Gasteiger charge is -2.13. The zero-order chi connectivity index (χ0) is 20.8. The number of nitrogens with one attached hydrogen (secondary N) is 2. The van der Waals surface area contributed by atoms with Crippen molar-refractivity contribution in [2.75, 3.05) is 32.0 Å². The molecule has 0 unspecified atom stereocenters. The van der Waals surface area contributed by atoms with Crippen LogP contribution in [0, 0.1) is 6.92 Å². The minimum Gasteiger partial charge on any atom is -0.497 e. The summed E-state index contributed by atoms with van der Waals surface area (Å²) >= 11 is 0. The summed E-state index contributed by atoms with van der Waals surface area (Å²) in [5, 5.41) is 5.90. The van der Waals surface area contributed by atoms with Crippen LogP contribution in [0.3, 0.4) is 0 Å². The van der Waals surface area contributed by atoms with Crippen LogP contribution in [0.25, 0.3) is 0 Å². The fraction of sp³-hybridized carbons (Fsp3) is 0.190. The Morgan fingerprint density at radius 3 is 2.21 bits per heavy atom. The number of aryl methyl sites for hydroxylation is 1. The fourth-order valence-corrected chi connectivity index (χ4v) is 2.63. The van der Waals surface area contributed by atoms with Crippen LogP contribution in [0.15, 0.2) is 48.5 Å². The van der Waals surface area contributed by atoms with Crippen molar-refractivity contribution in [2.24, 2.45) is 0 Å². The molecule has 3 aromatic rings. The number of anilines is 3. The molecule has 0 atom stereocenters. The topological polar surface area (TPSA) is 94.6 Å². The zero-order valence-electron chi connectivity index (χ0n) is 16.6. The molecule has 0 saturated heterocycles. The minimum absolute atomic E-state index is 0.239. The molecule has 0 aliphatic rings. The molecule has 3 rings (SSSR count). The number of ether oxygens (including phenoxy) is 3. The highest BCUT2D eigenvalue weighted by atomic mass is 16.5. The van der Waals surface area contributed by atoms with Crippen molar-refractivity contribution < 1.29 is 19.0 Å². The maximum absolute atomic E-state index is 12.6. The molecule has 1 aromatic heterocycles. The van der Waals surface area contributed by atoms with Gasteiger partial charge >= 0.3 is 0 Å². The second-order valence-electron chi connectivity index (χ2n) is 6.09. The van der Waals surface area contributed by atoms with E-state index >= 15 is 0 Å². The van der Waals surface area contributed by atoms with Crippen LogP contribution in [-0.4, -0.2) is 37.2 Å². The molecule has 0 bridgehead atoms. The van der Waals surface area contributed by atoms with Crippen molar-refractivity contribution in [1.29, 1.82) is 0 Å². The lowest BCUT2D eigenvalue weighted by Crippen LogP contribution is -2.15. The highest BCUT2D eigenvalue weighted by molar-refractivity contribution is 6.03. The van der Waals surface area contributed by atoms with Crippen LogP contribution in [0.5, 0.6) is 17.2 Å². The van der Waals surface area contributed by atoms with Gasteiger partial charge in [-0.05, 0) is 49.4 Å². The monoisotopic (exact) mass is 394 g/mol. The second-order valence-corrected chi connectivity index (χ2v) is 6.09. The average molecular weight is 394 g/mol. The van der Waals surface area contributed by atoms with Gasteiger partial charge in [0.05, 0.1) is 27.0 Å². The van der Waals surface area contributed by atoms with Crippen LogP contribution in [0.2, 0.25) is 0 Å². The van der Waals surface area contributed by atoms with Crippen LogP contribution in [0.4, 0.5) is 17.3 Å². The largest absolute Gasteiger partial charge is 0.497 e. The Balaban J connectivity index is 1.81. The predicted molar refractivity (Wildman–Crippen MR) is 111 cm³/mol. The molecule has 0 aliphatic heterocycles. The molecular weight excluding hydrogens is 372 g/mol. The van der Waals surface area contributed by atoms with Gasteiger partial charge in [-0.3, -0.25) is 4.79 Å². The first kappa shape index (κ1) is 19.9. The summed E-state index contributed by atoms with van der Waals surface area (Å²) in [4.78, 5) is 21.3. The van der Waals surface area contributed by atoms with E-state index in [4.69, 9.17) is 14.2 Å². The van der Waals surface area contributed by atoms with E-state index in [-0.39, 0.29) is 17.5 Å². The molecule has 8 nitrogen and oxygen atoms in total. The van der Waals surface area contributed by atoms with Crippen LogP contribution in [-0.2, 0) is 0 Å². The van der Waals surface area contributed by atoms with E-state index in [0.717, 1.165) is 0 Å². The van der Waals surface area contributed by atoms with Crippen LogP contribution in [0.1, 0.15) is 16.2 Å². The van der Waals surface area contributed by atoms with Crippen molar-refractivity contribution >= 4 is 23.2 Å². The van der Waals surface area contributed by atoms with Crippen LogP contribution >= 0.6 is 0 Å². The molecule has 0 saturated carbocycles. The molecule has 1 heterocycles. The first-order valence-corrected chi connectivity index (χ1v) is 8.82. The van der Waals surface area contributed by atoms with E-state index < -0.39 is 0 Å². The average Bonchev–Trinajstić information content (AvgIpc) is 2.74. The lowest BCUT2D eigenvalue weighted by molar-refractivity contribution is 0.102. The smallest absolute Gasteiger partial charge is 0.274 e. The number of hydrogen-bond donors (Lipinski definition) is 2. The normalized spacial score (nSPS) is 10.2. The first-order valence-electron chi connectivity index (χ1n) is 8.82. The van der Waals surface area contributed by atoms with Crippen molar-refractivity contribution in [3.8, 4) is 17.2 Å². The summed E-state index contributed by atoms with van der Waals surface area (Å²) in [7, 11) is 4.73. The van der Waals surface area contributed by atoms with Gasteiger partial charge in [-0.2, -0.15) is 0 Å². The SMILES string of the molecule is COc1ccc(NC(=O)c2cc(C)nc(Nc3ccc(OC)cc3OC)n2)cc1. The van der Waals surface area contributed by atoms with E-state index in [9.17, 15) is 4.79 Å². The van der Waals surface area contributed by atoms with E-state index in [1.165, 1.54) is 0 Å². The Labute approximate surface area is 168 Å². The molecule has 150 valence electrons. The number of carbonyl (C=O) groups excluding carboxylic acids is 1. The highest BCUT2D eigenvalue weighted by Gasteiger charge is 2.13. The summed E-state index contributed by atoms with van der Waals surface area (Å²) in [6, 6.07) is 14.0. The predicted octanol–water partition coefficient (Wildman–Crippen LogP) is 3.81. The number of methoxy groups -OCH3 is 3. The number of carbonyl (C=O) groups is 1. The van der Waals surface area contributed by atoms with Crippen LogP contribution < -0.4 is 24.8 Å². The van der Waals surface area contributed by atoms with Gasteiger partial charge in [0.15, 0.2) is 0 Å². The number of nitrogens with zero attached hydrogens (tertiary/aromatic N) is 2. The third-order valence-electron chi connectivity index (χ3n) is 4.09. The van der Waals surface area contributed by atoms with E-state index in [0.29, 0.717) is 34.3 Å². The molecular formula is C21H22N4O4. The van der Waals surface area contributed by atoms with Crippen molar-refractivity contribution in [3.63, 3.8) is 0 Å². The van der Waals surface area contributed by atoms with Crippen molar-refractivity contribution in [3.05, 3.63) is 59.9 Å². The number of rotatable bonds is 7. The van der Waals surface area contributed by atoms with Gasteiger partial charge in [-0.15, -0.1) is 0 Å². The van der Waals surface area contributed by atoms with E-state index in [1.54, 1.807) is 76.8 Å². The number of hydrogen-bond acceptors (Lipinski definition) is 7. The minimum atomic E-state index is -0.342. The molecule has 2 N–H and O–H groups in total. The first-order chi connectivity index (χ1) is 14.0. The summed E-state index contributed by atoms with van der Waals surface area (Å²) < 4.78 is 15.7. The Kier molecular flexibility index (Phi) is 6.13. The van der Waals surface area contributed by atoms with Gasteiger partial charge in [0, 0.05) is 17.4 Å².